The zero-order valence-corrected chi connectivity index (χ0v) is 12.1. The van der Waals surface area contributed by atoms with Gasteiger partial charge in [-0.1, -0.05) is 5.92 Å². The molecule has 1 fully saturated rings. The van der Waals surface area contributed by atoms with Crippen LogP contribution in [0, 0.1) is 12.3 Å². The zero-order valence-electron chi connectivity index (χ0n) is 12.1. The van der Waals surface area contributed by atoms with E-state index in [1.165, 1.54) is 19.3 Å². The first-order chi connectivity index (χ1) is 9.77. The highest BCUT2D eigenvalue weighted by Crippen LogP contribution is 2.08. The van der Waals surface area contributed by atoms with Crippen molar-refractivity contribution in [2.75, 3.05) is 32.9 Å². The topological polar surface area (TPSA) is 38.8 Å². The molecule has 0 unspecified atom stereocenters. The van der Waals surface area contributed by atoms with Crippen LogP contribution in [0.5, 0.6) is 0 Å². The number of piperidine rings is 1. The van der Waals surface area contributed by atoms with E-state index in [0.717, 1.165) is 13.1 Å². The third-order valence-corrected chi connectivity index (χ3v) is 2.99. The van der Waals surface area contributed by atoms with Crippen molar-refractivity contribution in [2.45, 2.75) is 26.2 Å². The van der Waals surface area contributed by atoms with Crippen LogP contribution in [0.15, 0.2) is 23.9 Å². The molecule has 4 nitrogen and oxygen atoms in total. The quantitative estimate of drug-likeness (QED) is 0.235. The van der Waals surface area contributed by atoms with Crippen LogP contribution in [-0.2, 0) is 14.3 Å². The number of esters is 1. The van der Waals surface area contributed by atoms with Gasteiger partial charge in [-0.15, -0.1) is 6.42 Å². The van der Waals surface area contributed by atoms with Crippen molar-refractivity contribution >= 4 is 5.97 Å². The Morgan fingerprint density at radius 2 is 2.05 bits per heavy atom. The first kappa shape index (κ1) is 16.3. The fourth-order valence-electron chi connectivity index (χ4n) is 1.92. The van der Waals surface area contributed by atoms with Crippen molar-refractivity contribution in [3.05, 3.63) is 23.9 Å². The Bertz CT molecular complexity index is 387. The second kappa shape index (κ2) is 10.1. The van der Waals surface area contributed by atoms with Crippen LogP contribution < -0.4 is 0 Å². The molecule has 1 aliphatic heterocycles. The van der Waals surface area contributed by atoms with Gasteiger partial charge in [0.05, 0.1) is 6.61 Å². The highest BCUT2D eigenvalue weighted by Gasteiger charge is 2.08. The molecule has 1 aliphatic rings. The van der Waals surface area contributed by atoms with Crippen molar-refractivity contribution < 1.29 is 14.3 Å². The summed E-state index contributed by atoms with van der Waals surface area (Å²) in [5.74, 6) is 1.88. The van der Waals surface area contributed by atoms with E-state index < -0.39 is 5.97 Å². The van der Waals surface area contributed by atoms with Crippen molar-refractivity contribution in [3.8, 4) is 12.3 Å². The smallest absolute Gasteiger partial charge is 0.346 e. The highest BCUT2D eigenvalue weighted by atomic mass is 16.6. The number of hydrogen-bond acceptors (Lipinski definition) is 4. The molecule has 110 valence electrons. The minimum atomic E-state index is -0.476. The highest BCUT2D eigenvalue weighted by molar-refractivity contribution is 5.93. The van der Waals surface area contributed by atoms with E-state index >= 15 is 0 Å². The predicted octanol–water partition coefficient (Wildman–Crippen LogP) is 2.13. The van der Waals surface area contributed by atoms with Crippen molar-refractivity contribution in [2.24, 2.45) is 0 Å². The molecule has 0 aromatic carbocycles. The lowest BCUT2D eigenvalue weighted by atomic mass is 10.1. The maximum Gasteiger partial charge on any atom is 0.346 e. The fraction of sp³-hybridized carbons (Fsp3) is 0.562. The third kappa shape index (κ3) is 6.44. The van der Waals surface area contributed by atoms with E-state index in [0.29, 0.717) is 13.2 Å². The zero-order chi connectivity index (χ0) is 14.6. The maximum atomic E-state index is 11.7. The van der Waals surface area contributed by atoms with Crippen LogP contribution in [0.2, 0.25) is 0 Å². The van der Waals surface area contributed by atoms with Gasteiger partial charge in [0.15, 0.2) is 0 Å². The molecule has 0 aromatic rings. The molecule has 0 aliphatic carbocycles. The van der Waals surface area contributed by atoms with E-state index in [9.17, 15) is 4.79 Å². The number of terminal acetylenes is 1. The first-order valence-electron chi connectivity index (χ1n) is 7.12. The van der Waals surface area contributed by atoms with Crippen LogP contribution in [0.4, 0.5) is 0 Å². The molecule has 1 rings (SSSR count). The first-order valence-corrected chi connectivity index (χ1v) is 7.12. The third-order valence-electron chi connectivity index (χ3n) is 2.99. The lowest BCUT2D eigenvalue weighted by molar-refractivity contribution is -0.140. The molecule has 20 heavy (non-hydrogen) atoms. The predicted molar refractivity (Wildman–Crippen MR) is 78.9 cm³/mol. The van der Waals surface area contributed by atoms with Gasteiger partial charge in [0.2, 0.25) is 0 Å². The van der Waals surface area contributed by atoms with Crippen molar-refractivity contribution in [1.82, 2.24) is 4.90 Å². The number of likely N-dealkylation sites (tertiary alicyclic amines) is 1. The van der Waals surface area contributed by atoms with E-state index in [-0.39, 0.29) is 12.2 Å². The van der Waals surface area contributed by atoms with E-state index in [1.807, 2.05) is 19.2 Å². The maximum absolute atomic E-state index is 11.7. The van der Waals surface area contributed by atoms with E-state index in [2.05, 4.69) is 10.8 Å². The Hall–Kier alpha value is -1.73. The molecule has 0 saturated carbocycles. The summed E-state index contributed by atoms with van der Waals surface area (Å²) in [6.07, 6.45) is 14.5. The summed E-state index contributed by atoms with van der Waals surface area (Å²) >= 11 is 0. The second-order valence-electron chi connectivity index (χ2n) is 4.50. The molecule has 1 saturated heterocycles. The second-order valence-corrected chi connectivity index (χ2v) is 4.50. The number of ether oxygens (including phenoxy) is 2. The van der Waals surface area contributed by atoms with Crippen LogP contribution in [-0.4, -0.2) is 43.8 Å². The molecular formula is C16H23NO3. The van der Waals surface area contributed by atoms with Gasteiger partial charge in [0.25, 0.3) is 0 Å². The number of rotatable bonds is 7. The Morgan fingerprint density at radius 3 is 2.70 bits per heavy atom. The number of carbonyl (C=O) groups is 1. The minimum Gasteiger partial charge on any atom is -0.459 e. The van der Waals surface area contributed by atoms with Crippen molar-refractivity contribution in [3.63, 3.8) is 0 Å². The number of carbonyl (C=O) groups excluding carboxylic acids is 1. The normalized spacial score (nSPS) is 16.2. The Morgan fingerprint density at radius 1 is 1.30 bits per heavy atom. The average molecular weight is 277 g/mol. The largest absolute Gasteiger partial charge is 0.459 e. The van der Waals surface area contributed by atoms with E-state index in [4.69, 9.17) is 15.9 Å². The summed E-state index contributed by atoms with van der Waals surface area (Å²) < 4.78 is 10.1. The SMILES string of the molecule is C#CC(=CC=CN1CCCCC1)C(=O)OCCOCC. The molecule has 0 spiro atoms. The van der Waals surface area contributed by atoms with Gasteiger partial charge in [-0.2, -0.15) is 0 Å². The number of allylic oxidation sites excluding steroid dienone is 2. The lowest BCUT2D eigenvalue weighted by Crippen LogP contribution is -2.23. The Balaban J connectivity index is 2.39. The molecule has 0 aromatic heterocycles. The summed E-state index contributed by atoms with van der Waals surface area (Å²) in [5.41, 5.74) is 0.231. The average Bonchev–Trinajstić information content (AvgIpc) is 2.49. The standard InChI is InChI=1S/C16H23NO3/c1-3-15(16(18)20-14-13-19-4-2)9-8-12-17-10-6-5-7-11-17/h1,8-9,12H,4-7,10-11,13-14H2,2H3. The molecule has 0 bridgehead atoms. The van der Waals surface area contributed by atoms with Crippen LogP contribution in [0.25, 0.3) is 0 Å². The molecule has 0 amide bonds. The summed E-state index contributed by atoms with van der Waals surface area (Å²) in [5, 5.41) is 0. The van der Waals surface area contributed by atoms with Gasteiger partial charge in [-0.05, 0) is 44.5 Å². The van der Waals surface area contributed by atoms with Crippen LogP contribution in [0.3, 0.4) is 0 Å². The molecule has 4 heteroatoms. The van der Waals surface area contributed by atoms with Gasteiger partial charge in [-0.3, -0.25) is 0 Å². The molecular weight excluding hydrogens is 254 g/mol. The summed E-state index contributed by atoms with van der Waals surface area (Å²) in [6.45, 7) is 5.24. The monoisotopic (exact) mass is 277 g/mol. The summed E-state index contributed by atoms with van der Waals surface area (Å²) in [4.78, 5) is 13.9. The summed E-state index contributed by atoms with van der Waals surface area (Å²) in [7, 11) is 0. The molecule has 1 heterocycles. The van der Waals surface area contributed by atoms with Gasteiger partial charge in [0, 0.05) is 19.7 Å². The molecule has 0 N–H and O–H groups in total. The van der Waals surface area contributed by atoms with E-state index in [1.54, 1.807) is 6.08 Å². The van der Waals surface area contributed by atoms with Gasteiger partial charge < -0.3 is 14.4 Å². The number of nitrogens with zero attached hydrogens (tertiary/aromatic N) is 1. The minimum absolute atomic E-state index is 0.224. The van der Waals surface area contributed by atoms with Gasteiger partial charge in [0.1, 0.15) is 12.2 Å². The lowest BCUT2D eigenvalue weighted by Gasteiger charge is -2.24. The fourth-order valence-corrected chi connectivity index (χ4v) is 1.92. The van der Waals surface area contributed by atoms with Crippen LogP contribution in [0.1, 0.15) is 26.2 Å². The van der Waals surface area contributed by atoms with Gasteiger partial charge in [-0.25, -0.2) is 4.79 Å². The van der Waals surface area contributed by atoms with Crippen molar-refractivity contribution in [1.29, 1.82) is 0 Å². The Kier molecular flexibility index (Phi) is 8.25. The molecule has 0 atom stereocenters. The van der Waals surface area contributed by atoms with Crippen LogP contribution >= 0.6 is 0 Å². The van der Waals surface area contributed by atoms with Gasteiger partial charge >= 0.3 is 5.97 Å². The molecule has 0 radical (unpaired) electrons. The Labute approximate surface area is 121 Å². The number of hydrogen-bond donors (Lipinski definition) is 0. The summed E-state index contributed by atoms with van der Waals surface area (Å²) in [6, 6.07) is 0.